The van der Waals surface area contributed by atoms with E-state index in [1.165, 1.54) is 0 Å². The average molecular weight is 193 g/mol. The minimum atomic E-state index is -0.0776. The van der Waals surface area contributed by atoms with Gasteiger partial charge in [-0.2, -0.15) is 10.2 Å². The molecule has 0 spiro atoms. The first kappa shape index (κ1) is 11.2. The van der Waals surface area contributed by atoms with Crippen LogP contribution in [0.3, 0.4) is 0 Å². The highest BCUT2D eigenvalue weighted by Gasteiger charge is 2.38. The van der Waals surface area contributed by atoms with Crippen molar-refractivity contribution in [2.24, 2.45) is 10.2 Å². The summed E-state index contributed by atoms with van der Waals surface area (Å²) in [5.41, 5.74) is -0.0776. The lowest BCUT2D eigenvalue weighted by Gasteiger charge is -2.11. The lowest BCUT2D eigenvalue weighted by molar-refractivity contribution is 0.468. The van der Waals surface area contributed by atoms with Gasteiger partial charge in [0.1, 0.15) is 0 Å². The number of hydrogen-bond acceptors (Lipinski definition) is 3. The molecule has 0 aromatic carbocycles. The third kappa shape index (κ3) is 3.89. The zero-order chi connectivity index (χ0) is 10.4. The van der Waals surface area contributed by atoms with Crippen LogP contribution in [0.15, 0.2) is 10.2 Å². The Balaban J connectivity index is 2.12. The molecule has 14 heavy (non-hydrogen) atoms. The number of nitrogens with one attached hydrogen (secondary N) is 1. The molecule has 1 N–H and O–H groups in total. The van der Waals surface area contributed by atoms with Crippen LogP contribution in [-0.2, 0) is 0 Å². The van der Waals surface area contributed by atoms with E-state index >= 15 is 0 Å². The van der Waals surface area contributed by atoms with Crippen LogP contribution in [0.2, 0.25) is 0 Å². The van der Waals surface area contributed by atoms with Gasteiger partial charge in [-0.1, -0.05) is 13.8 Å². The van der Waals surface area contributed by atoms with Crippen molar-refractivity contribution in [1.82, 2.24) is 5.32 Å². The van der Waals surface area contributed by atoms with Crippen LogP contribution < -0.4 is 5.32 Å². The van der Waals surface area contributed by atoms with E-state index in [2.05, 4.69) is 41.2 Å². The summed E-state index contributed by atoms with van der Waals surface area (Å²) < 4.78 is 0. The molecule has 3 nitrogen and oxygen atoms in total. The molecule has 0 bridgehead atoms. The van der Waals surface area contributed by atoms with E-state index in [0.717, 1.165) is 25.8 Å². The lowest BCUT2D eigenvalue weighted by atomic mass is 10.0. The van der Waals surface area contributed by atoms with Crippen molar-refractivity contribution in [2.75, 3.05) is 6.54 Å². The van der Waals surface area contributed by atoms with E-state index < -0.39 is 0 Å². The van der Waals surface area contributed by atoms with Gasteiger partial charge in [0, 0.05) is 25.3 Å². The van der Waals surface area contributed by atoms with Crippen molar-refractivity contribution >= 4 is 0 Å². The summed E-state index contributed by atoms with van der Waals surface area (Å²) in [7, 11) is 0. The van der Waals surface area contributed by atoms with E-state index in [9.17, 15) is 0 Å². The van der Waals surface area contributed by atoms with Crippen molar-refractivity contribution in [1.29, 1.82) is 0 Å². The third-order valence-corrected chi connectivity index (χ3v) is 2.29. The molecule has 0 aromatic rings. The molecule has 1 heterocycles. The van der Waals surface area contributed by atoms with Crippen LogP contribution in [0.25, 0.3) is 0 Å². The van der Waals surface area contributed by atoms with E-state index in [1.54, 1.807) is 0 Å². The summed E-state index contributed by atoms with van der Waals surface area (Å²) >= 11 is 0. The first-order valence-corrected chi connectivity index (χ1v) is 5.25. The summed E-state index contributed by atoms with van der Waals surface area (Å²) in [6, 6.07) is 0.543. The van der Waals surface area contributed by atoms with Crippen LogP contribution in [0.4, 0.5) is 0 Å². The molecule has 3 heteroatoms. The second-order valence-corrected chi connectivity index (χ2v) is 3.97. The standard InChI is InChI=1S/C11H19N3/c1-4-5-6-7-11(13-14-11)8-9-12-10(2)3/h10,12H,6-9H2,1-3H3. The summed E-state index contributed by atoms with van der Waals surface area (Å²) in [6.07, 6.45) is 2.90. The third-order valence-electron chi connectivity index (χ3n) is 2.29. The van der Waals surface area contributed by atoms with Crippen molar-refractivity contribution in [3.05, 3.63) is 0 Å². The highest BCUT2D eigenvalue weighted by atomic mass is 15.4. The molecule has 0 fully saturated rings. The maximum absolute atomic E-state index is 4.12. The molecule has 1 aliphatic rings. The Morgan fingerprint density at radius 3 is 2.50 bits per heavy atom. The fourth-order valence-electron chi connectivity index (χ4n) is 1.34. The van der Waals surface area contributed by atoms with E-state index in [0.29, 0.717) is 6.04 Å². The van der Waals surface area contributed by atoms with Gasteiger partial charge < -0.3 is 5.32 Å². The Morgan fingerprint density at radius 1 is 1.29 bits per heavy atom. The van der Waals surface area contributed by atoms with Gasteiger partial charge in [0.2, 0.25) is 0 Å². The average Bonchev–Trinajstić information content (AvgIpc) is 2.85. The number of hydrogen-bond donors (Lipinski definition) is 1. The van der Waals surface area contributed by atoms with Gasteiger partial charge in [-0.15, -0.1) is 11.8 Å². The first-order valence-electron chi connectivity index (χ1n) is 5.25. The van der Waals surface area contributed by atoms with Gasteiger partial charge in [0.05, 0.1) is 0 Å². The SMILES string of the molecule is CC#CCCC1(CCNC(C)C)N=N1. The molecule has 0 amide bonds. The minimum absolute atomic E-state index is 0.0776. The van der Waals surface area contributed by atoms with Crippen molar-refractivity contribution in [3.63, 3.8) is 0 Å². The smallest absolute Gasteiger partial charge is 0.193 e. The van der Waals surface area contributed by atoms with Gasteiger partial charge in [0.25, 0.3) is 0 Å². The molecule has 78 valence electrons. The van der Waals surface area contributed by atoms with Crippen LogP contribution in [0, 0.1) is 11.8 Å². The minimum Gasteiger partial charge on any atom is -0.314 e. The molecule has 0 saturated heterocycles. The highest BCUT2D eigenvalue weighted by Crippen LogP contribution is 2.35. The molecule has 0 radical (unpaired) electrons. The largest absolute Gasteiger partial charge is 0.314 e. The maximum atomic E-state index is 4.12. The van der Waals surface area contributed by atoms with E-state index in [1.807, 2.05) is 6.92 Å². The Hall–Kier alpha value is -0.880. The Kier molecular flexibility index (Phi) is 4.09. The molecule has 0 atom stereocenters. The highest BCUT2D eigenvalue weighted by molar-refractivity contribution is 5.01. The fraction of sp³-hybridized carbons (Fsp3) is 0.818. The second-order valence-electron chi connectivity index (χ2n) is 3.97. The monoisotopic (exact) mass is 193 g/mol. The Morgan fingerprint density at radius 2 is 2.00 bits per heavy atom. The topological polar surface area (TPSA) is 36.8 Å². The summed E-state index contributed by atoms with van der Waals surface area (Å²) in [4.78, 5) is 0. The van der Waals surface area contributed by atoms with Gasteiger partial charge in [-0.05, 0) is 13.5 Å². The van der Waals surface area contributed by atoms with Crippen molar-refractivity contribution < 1.29 is 0 Å². The molecule has 1 rings (SSSR count). The van der Waals surface area contributed by atoms with E-state index in [4.69, 9.17) is 0 Å². The predicted octanol–water partition coefficient (Wildman–Crippen LogP) is 2.34. The zero-order valence-electron chi connectivity index (χ0n) is 9.30. The van der Waals surface area contributed by atoms with Crippen LogP contribution in [-0.4, -0.2) is 18.2 Å². The van der Waals surface area contributed by atoms with Gasteiger partial charge in [-0.3, -0.25) is 0 Å². The fourth-order valence-corrected chi connectivity index (χ4v) is 1.34. The zero-order valence-corrected chi connectivity index (χ0v) is 9.30. The number of nitrogens with zero attached hydrogens (tertiary/aromatic N) is 2. The van der Waals surface area contributed by atoms with Crippen LogP contribution in [0.1, 0.15) is 40.0 Å². The maximum Gasteiger partial charge on any atom is 0.193 e. The van der Waals surface area contributed by atoms with Crippen LogP contribution >= 0.6 is 0 Å². The Bertz CT molecular complexity index is 251. The van der Waals surface area contributed by atoms with Crippen molar-refractivity contribution in [2.45, 2.75) is 51.7 Å². The molecule has 0 unspecified atom stereocenters. The predicted molar refractivity (Wildman–Crippen MR) is 58.0 cm³/mol. The van der Waals surface area contributed by atoms with Gasteiger partial charge in [0.15, 0.2) is 5.66 Å². The lowest BCUT2D eigenvalue weighted by Crippen LogP contribution is -2.27. The molecule has 1 aliphatic heterocycles. The Labute approximate surface area is 86.4 Å². The normalized spacial score (nSPS) is 16.6. The summed E-state index contributed by atoms with van der Waals surface area (Å²) in [5, 5.41) is 11.6. The molecular formula is C11H19N3. The summed E-state index contributed by atoms with van der Waals surface area (Å²) in [6.45, 7) is 7.16. The summed E-state index contributed by atoms with van der Waals surface area (Å²) in [5.74, 6) is 5.95. The quantitative estimate of drug-likeness (QED) is 0.646. The van der Waals surface area contributed by atoms with E-state index in [-0.39, 0.29) is 5.66 Å². The number of rotatable bonds is 6. The first-order chi connectivity index (χ1) is 6.68. The van der Waals surface area contributed by atoms with Gasteiger partial charge >= 0.3 is 0 Å². The molecule has 0 saturated carbocycles. The molecule has 0 aliphatic carbocycles. The molecule has 0 aromatic heterocycles. The molecular weight excluding hydrogens is 174 g/mol. The van der Waals surface area contributed by atoms with Gasteiger partial charge in [-0.25, -0.2) is 0 Å². The van der Waals surface area contributed by atoms with Crippen LogP contribution in [0.5, 0.6) is 0 Å². The second kappa shape index (κ2) is 5.11. The van der Waals surface area contributed by atoms with Crippen molar-refractivity contribution in [3.8, 4) is 11.8 Å².